The molecule has 4 aliphatic rings. The molecule has 4 aliphatic carbocycles. The molecule has 2 atom stereocenters. The highest BCUT2D eigenvalue weighted by atomic mass is 32.2. The average Bonchev–Trinajstić information content (AvgIpc) is 3.30. The number of hydrogen-bond donors (Lipinski definition) is 3. The molecule has 2 amide bonds. The van der Waals surface area contributed by atoms with Crippen molar-refractivity contribution in [2.24, 2.45) is 28.9 Å². The molecule has 0 aromatic carbocycles. The molecule has 4 N–H and O–H groups in total. The maximum absolute atomic E-state index is 13.3. The Labute approximate surface area is 231 Å². The van der Waals surface area contributed by atoms with Crippen LogP contribution in [0.5, 0.6) is 5.88 Å². The van der Waals surface area contributed by atoms with Gasteiger partial charge in [-0.2, -0.15) is 0 Å². The maximum atomic E-state index is 13.3. The summed E-state index contributed by atoms with van der Waals surface area (Å²) in [7, 11) is 0. The second-order valence-electron chi connectivity index (χ2n) is 12.4. The summed E-state index contributed by atoms with van der Waals surface area (Å²) in [6.45, 7) is 2.03. The quantitative estimate of drug-likeness (QED) is 0.335. The number of carbonyl (C=O) groups excluding carboxylic acids is 2. The number of ether oxygens (including phenoxy) is 1. The van der Waals surface area contributed by atoms with Crippen LogP contribution in [0.2, 0.25) is 0 Å². The third-order valence-corrected chi connectivity index (χ3v) is 10.8. The van der Waals surface area contributed by atoms with Crippen molar-refractivity contribution >= 4 is 23.6 Å². The molecule has 9 heteroatoms. The van der Waals surface area contributed by atoms with E-state index in [1.807, 2.05) is 0 Å². The van der Waals surface area contributed by atoms with Gasteiger partial charge in [-0.3, -0.25) is 9.59 Å². The van der Waals surface area contributed by atoms with E-state index in [4.69, 9.17) is 15.0 Å². The zero-order valence-corrected chi connectivity index (χ0v) is 23.6. The predicted molar refractivity (Wildman–Crippen MR) is 148 cm³/mol. The summed E-state index contributed by atoms with van der Waals surface area (Å²) in [5, 5.41) is 10.7. The second-order valence-corrected chi connectivity index (χ2v) is 13.7. The first kappa shape index (κ1) is 27.8. The molecule has 4 fully saturated rings. The van der Waals surface area contributed by atoms with E-state index >= 15 is 0 Å². The van der Waals surface area contributed by atoms with Crippen molar-refractivity contribution < 1.29 is 18.8 Å². The Balaban J connectivity index is 1.23. The first-order chi connectivity index (χ1) is 18.5. The minimum Gasteiger partial charge on any atom is -0.474 e. The molecule has 0 saturated heterocycles. The molecule has 1 aromatic rings. The SMILES string of the molecule is NCCNC(=O)CC1(COc2noc(C(=O)NCC3CC4CCCC(C4)C3)c2SC2CCCCC2)CCC1. The number of nitrogens with one attached hydrogen (secondary N) is 2. The Morgan fingerprint density at radius 3 is 2.45 bits per heavy atom. The Morgan fingerprint density at radius 1 is 1.00 bits per heavy atom. The normalized spacial score (nSPS) is 26.8. The third-order valence-electron chi connectivity index (χ3n) is 9.37. The predicted octanol–water partition coefficient (Wildman–Crippen LogP) is 5.06. The van der Waals surface area contributed by atoms with Crippen LogP contribution in [-0.4, -0.2) is 48.5 Å². The Hall–Kier alpha value is -1.74. The molecule has 2 unspecified atom stereocenters. The summed E-state index contributed by atoms with van der Waals surface area (Å²) in [6.07, 6.45) is 17.3. The standard InChI is InChI=1S/C29H46N4O4S/c30-12-13-31-24(34)17-29(10-5-11-29)19-36-28-26(38-23-8-2-1-3-9-23)25(37-33-28)27(35)32-18-22-15-20-6-4-7-21(14-20)16-22/h20-23H,1-19,30H2,(H,31,34)(H,32,35). The Morgan fingerprint density at radius 2 is 1.76 bits per heavy atom. The average molecular weight is 547 g/mol. The van der Waals surface area contributed by atoms with Crippen molar-refractivity contribution in [2.45, 2.75) is 106 Å². The number of rotatable bonds is 12. The Kier molecular flexibility index (Phi) is 9.57. The van der Waals surface area contributed by atoms with E-state index in [0.29, 0.717) is 49.7 Å². The van der Waals surface area contributed by atoms with Gasteiger partial charge in [0.15, 0.2) is 0 Å². The van der Waals surface area contributed by atoms with Gasteiger partial charge >= 0.3 is 0 Å². The topological polar surface area (TPSA) is 119 Å². The number of carbonyl (C=O) groups is 2. The van der Waals surface area contributed by atoms with Crippen molar-refractivity contribution in [3.05, 3.63) is 5.76 Å². The molecule has 0 aliphatic heterocycles. The van der Waals surface area contributed by atoms with Gasteiger partial charge in [-0.15, -0.1) is 11.8 Å². The molecular weight excluding hydrogens is 500 g/mol. The van der Waals surface area contributed by atoms with E-state index in [9.17, 15) is 9.59 Å². The molecule has 4 saturated carbocycles. The van der Waals surface area contributed by atoms with Gasteiger partial charge in [0.05, 0.1) is 6.61 Å². The maximum Gasteiger partial charge on any atom is 0.291 e. The number of thioether (sulfide) groups is 1. The molecular formula is C29H46N4O4S. The summed E-state index contributed by atoms with van der Waals surface area (Å²) >= 11 is 1.69. The highest BCUT2D eigenvalue weighted by molar-refractivity contribution is 8.00. The molecule has 1 heterocycles. The summed E-state index contributed by atoms with van der Waals surface area (Å²) in [4.78, 5) is 26.5. The number of hydrogen-bond acceptors (Lipinski definition) is 7. The molecule has 1 aromatic heterocycles. The zero-order chi connectivity index (χ0) is 26.4. The van der Waals surface area contributed by atoms with E-state index in [-0.39, 0.29) is 23.0 Å². The van der Waals surface area contributed by atoms with Gasteiger partial charge in [0, 0.05) is 36.7 Å². The van der Waals surface area contributed by atoms with Crippen LogP contribution in [0.25, 0.3) is 0 Å². The van der Waals surface area contributed by atoms with Crippen LogP contribution in [0.1, 0.15) is 107 Å². The first-order valence-corrected chi connectivity index (χ1v) is 16.0. The number of aromatic nitrogens is 1. The van der Waals surface area contributed by atoms with E-state index in [2.05, 4.69) is 15.8 Å². The van der Waals surface area contributed by atoms with Crippen molar-refractivity contribution in [2.75, 3.05) is 26.2 Å². The molecule has 8 nitrogen and oxygen atoms in total. The fourth-order valence-corrected chi connectivity index (χ4v) is 8.53. The van der Waals surface area contributed by atoms with Crippen molar-refractivity contribution in [3.63, 3.8) is 0 Å². The van der Waals surface area contributed by atoms with Gasteiger partial charge in [0.1, 0.15) is 4.90 Å². The fraction of sp³-hybridized carbons (Fsp3) is 0.828. The third kappa shape index (κ3) is 7.06. The number of nitrogens with two attached hydrogens (primary N) is 1. The van der Waals surface area contributed by atoms with Crippen LogP contribution in [-0.2, 0) is 4.79 Å². The van der Waals surface area contributed by atoms with Crippen LogP contribution in [0.4, 0.5) is 0 Å². The summed E-state index contributed by atoms with van der Waals surface area (Å²) in [5.41, 5.74) is 5.35. The van der Waals surface area contributed by atoms with Gasteiger partial charge < -0.3 is 25.6 Å². The summed E-state index contributed by atoms with van der Waals surface area (Å²) in [5.74, 6) is 2.76. The van der Waals surface area contributed by atoms with E-state index < -0.39 is 0 Å². The zero-order valence-electron chi connectivity index (χ0n) is 22.8. The lowest BCUT2D eigenvalue weighted by molar-refractivity contribution is -0.125. The first-order valence-electron chi connectivity index (χ1n) is 15.1. The van der Waals surface area contributed by atoms with Crippen LogP contribution < -0.4 is 21.1 Å². The molecule has 212 valence electrons. The number of nitrogens with zero attached hydrogens (tertiary/aromatic N) is 1. The minimum atomic E-state index is -0.189. The van der Waals surface area contributed by atoms with Crippen molar-refractivity contribution in [1.29, 1.82) is 0 Å². The molecule has 5 rings (SSSR count). The largest absolute Gasteiger partial charge is 0.474 e. The molecule has 0 spiro atoms. The number of fused-ring (bicyclic) bond motifs is 2. The highest BCUT2D eigenvalue weighted by Crippen LogP contribution is 2.46. The lowest BCUT2D eigenvalue weighted by Crippen LogP contribution is -2.41. The smallest absolute Gasteiger partial charge is 0.291 e. The summed E-state index contributed by atoms with van der Waals surface area (Å²) < 4.78 is 11.9. The van der Waals surface area contributed by atoms with Gasteiger partial charge in [0.2, 0.25) is 11.7 Å². The van der Waals surface area contributed by atoms with Gasteiger partial charge in [-0.25, -0.2) is 0 Å². The van der Waals surface area contributed by atoms with Crippen LogP contribution in [0.3, 0.4) is 0 Å². The van der Waals surface area contributed by atoms with Gasteiger partial charge in [0.25, 0.3) is 11.8 Å². The second kappa shape index (κ2) is 13.1. The van der Waals surface area contributed by atoms with Crippen LogP contribution in [0.15, 0.2) is 9.42 Å². The minimum absolute atomic E-state index is 0.0163. The molecule has 38 heavy (non-hydrogen) atoms. The lowest BCUT2D eigenvalue weighted by atomic mass is 9.67. The molecule has 2 bridgehead atoms. The Bertz CT molecular complexity index is 931. The summed E-state index contributed by atoms with van der Waals surface area (Å²) in [6, 6.07) is 0. The van der Waals surface area contributed by atoms with Crippen LogP contribution in [0, 0.1) is 23.2 Å². The number of amides is 2. The van der Waals surface area contributed by atoms with E-state index in [0.717, 1.165) is 48.8 Å². The van der Waals surface area contributed by atoms with Crippen molar-refractivity contribution in [1.82, 2.24) is 15.8 Å². The van der Waals surface area contributed by atoms with Crippen LogP contribution >= 0.6 is 11.8 Å². The van der Waals surface area contributed by atoms with E-state index in [1.54, 1.807) is 11.8 Å². The fourth-order valence-electron chi connectivity index (χ4n) is 7.20. The molecule has 0 radical (unpaired) electrons. The van der Waals surface area contributed by atoms with Gasteiger partial charge in [-0.1, -0.05) is 44.9 Å². The van der Waals surface area contributed by atoms with E-state index in [1.165, 1.54) is 57.8 Å². The highest BCUT2D eigenvalue weighted by Gasteiger charge is 2.41. The monoisotopic (exact) mass is 546 g/mol. The lowest BCUT2D eigenvalue weighted by Gasteiger charge is -2.40. The van der Waals surface area contributed by atoms with Gasteiger partial charge in [-0.05, 0) is 67.9 Å². The van der Waals surface area contributed by atoms with Crippen molar-refractivity contribution in [3.8, 4) is 5.88 Å².